The number of benzene rings is 4. The highest BCUT2D eigenvalue weighted by Crippen LogP contribution is 2.58. The maximum atomic E-state index is 3.77. The molecule has 144 valence electrons. The smallest absolute Gasteiger partial charge is 0.0735 e. The molecule has 0 N–H and O–H groups in total. The van der Waals surface area contributed by atoms with Crippen LogP contribution < -0.4 is 0 Å². The molecule has 0 bridgehead atoms. The highest BCUT2D eigenvalue weighted by Gasteiger charge is 2.46. The number of hydrogen-bond donors (Lipinski definition) is 0. The monoisotopic (exact) mass is 466 g/mol. The highest BCUT2D eigenvalue weighted by molar-refractivity contribution is 9.10. The van der Waals surface area contributed by atoms with Crippen LogP contribution >= 0.6 is 27.7 Å². The van der Waals surface area contributed by atoms with E-state index in [9.17, 15) is 0 Å². The minimum Gasteiger partial charge on any atom is -0.0894 e. The quantitative estimate of drug-likeness (QED) is 0.218. The lowest BCUT2D eigenvalue weighted by Gasteiger charge is -2.43. The minimum absolute atomic E-state index is 0.359. The van der Waals surface area contributed by atoms with Gasteiger partial charge in [-0.3, -0.25) is 0 Å². The van der Waals surface area contributed by atoms with Gasteiger partial charge in [-0.2, -0.15) is 0 Å². The summed E-state index contributed by atoms with van der Waals surface area (Å²) in [6.45, 7) is 2.19. The first-order valence-electron chi connectivity index (χ1n) is 10.1. The van der Waals surface area contributed by atoms with Crippen molar-refractivity contribution in [2.24, 2.45) is 0 Å². The standard InChI is InChI=1S/C28H19BrS/c1-18-10-11-19-12-13-20-14-15-21(29)17-25(20)28(24(19)16-18)22-6-2-4-8-26(22)30-27-9-5-3-7-23(27)28/h2-17H,1H3. The predicted molar refractivity (Wildman–Crippen MR) is 130 cm³/mol. The van der Waals surface area contributed by atoms with Crippen LogP contribution in [0.1, 0.15) is 38.9 Å². The molecule has 0 atom stereocenters. The molecule has 0 radical (unpaired) electrons. The van der Waals surface area contributed by atoms with Gasteiger partial charge in [-0.25, -0.2) is 0 Å². The Hall–Kier alpha value is -2.55. The lowest BCUT2D eigenvalue weighted by molar-refractivity contribution is 0.700. The fourth-order valence-corrected chi connectivity index (χ4v) is 6.59. The fourth-order valence-electron chi connectivity index (χ4n) is 5.04. The molecule has 1 aliphatic heterocycles. The van der Waals surface area contributed by atoms with Gasteiger partial charge in [-0.05, 0) is 64.6 Å². The zero-order chi connectivity index (χ0) is 20.3. The molecule has 1 heterocycles. The Balaban J connectivity index is 1.89. The molecule has 0 saturated heterocycles. The van der Waals surface area contributed by atoms with E-state index in [1.165, 1.54) is 48.7 Å². The SMILES string of the molecule is Cc1ccc2c(c1)C1(c3cc(Br)ccc3C=C2)c2ccccc2Sc2ccccc21. The summed E-state index contributed by atoms with van der Waals surface area (Å²) >= 11 is 5.65. The normalized spacial score (nSPS) is 15.0. The molecule has 4 aromatic rings. The minimum atomic E-state index is -0.359. The Morgan fingerprint density at radius 2 is 1.20 bits per heavy atom. The van der Waals surface area contributed by atoms with Gasteiger partial charge in [0.25, 0.3) is 0 Å². The van der Waals surface area contributed by atoms with Crippen molar-refractivity contribution in [2.45, 2.75) is 22.1 Å². The highest BCUT2D eigenvalue weighted by atomic mass is 79.9. The molecule has 0 saturated carbocycles. The van der Waals surface area contributed by atoms with Gasteiger partial charge in [0.2, 0.25) is 0 Å². The average Bonchev–Trinajstić information content (AvgIpc) is 2.90. The second-order valence-corrected chi connectivity index (χ2v) is 10.00. The van der Waals surface area contributed by atoms with Crippen molar-refractivity contribution in [3.63, 3.8) is 0 Å². The van der Waals surface area contributed by atoms with Gasteiger partial charge in [0.1, 0.15) is 0 Å². The molecule has 0 fully saturated rings. The molecule has 2 aliphatic rings. The van der Waals surface area contributed by atoms with Crippen molar-refractivity contribution in [2.75, 3.05) is 0 Å². The van der Waals surface area contributed by atoms with Crippen molar-refractivity contribution < 1.29 is 0 Å². The first-order chi connectivity index (χ1) is 14.7. The molecule has 2 heteroatoms. The van der Waals surface area contributed by atoms with E-state index in [1.807, 2.05) is 11.8 Å². The summed E-state index contributed by atoms with van der Waals surface area (Å²) in [5.41, 5.74) is 8.89. The molecule has 0 amide bonds. The average molecular weight is 467 g/mol. The largest absolute Gasteiger partial charge is 0.0894 e. The molecule has 6 rings (SSSR count). The summed E-state index contributed by atoms with van der Waals surface area (Å²) in [5, 5.41) is 0. The van der Waals surface area contributed by atoms with Crippen LogP contribution in [0.2, 0.25) is 0 Å². The van der Waals surface area contributed by atoms with Crippen LogP contribution in [-0.4, -0.2) is 0 Å². The van der Waals surface area contributed by atoms with E-state index in [4.69, 9.17) is 0 Å². The third-order valence-corrected chi connectivity index (χ3v) is 7.92. The molecule has 0 aromatic heterocycles. The number of rotatable bonds is 0. The molecule has 4 aromatic carbocycles. The van der Waals surface area contributed by atoms with Crippen molar-refractivity contribution >= 4 is 39.8 Å². The van der Waals surface area contributed by atoms with E-state index in [-0.39, 0.29) is 5.41 Å². The number of fused-ring (bicyclic) bond motifs is 8. The maximum Gasteiger partial charge on any atom is 0.0735 e. The summed E-state index contributed by atoms with van der Waals surface area (Å²) < 4.78 is 1.11. The van der Waals surface area contributed by atoms with Crippen molar-refractivity contribution in [1.29, 1.82) is 0 Å². The zero-order valence-corrected chi connectivity index (χ0v) is 18.9. The van der Waals surface area contributed by atoms with E-state index in [1.54, 1.807) is 0 Å². The molecule has 0 unspecified atom stereocenters. The number of halogens is 1. The van der Waals surface area contributed by atoms with Gasteiger partial charge >= 0.3 is 0 Å². The third kappa shape index (κ3) is 2.47. The van der Waals surface area contributed by atoms with Gasteiger partial charge in [0.05, 0.1) is 5.41 Å². The van der Waals surface area contributed by atoms with E-state index >= 15 is 0 Å². The second-order valence-electron chi connectivity index (χ2n) is 8.00. The summed E-state index contributed by atoms with van der Waals surface area (Å²) in [7, 11) is 0. The van der Waals surface area contributed by atoms with Crippen LogP contribution in [-0.2, 0) is 5.41 Å². The van der Waals surface area contributed by atoms with Gasteiger partial charge < -0.3 is 0 Å². The lowest BCUT2D eigenvalue weighted by atomic mass is 9.63. The summed E-state index contributed by atoms with van der Waals surface area (Å²) in [6.07, 6.45) is 4.56. The van der Waals surface area contributed by atoms with Crippen LogP contribution in [0, 0.1) is 6.92 Å². The van der Waals surface area contributed by atoms with Crippen LogP contribution in [0.5, 0.6) is 0 Å². The predicted octanol–water partition coefficient (Wildman–Crippen LogP) is 8.09. The van der Waals surface area contributed by atoms with Crippen LogP contribution in [0.15, 0.2) is 99.2 Å². The van der Waals surface area contributed by atoms with E-state index < -0.39 is 0 Å². The summed E-state index contributed by atoms with van der Waals surface area (Å²) in [5.74, 6) is 0. The zero-order valence-electron chi connectivity index (χ0n) is 16.5. The Bertz CT molecular complexity index is 1250. The Labute approximate surface area is 189 Å². The summed E-state index contributed by atoms with van der Waals surface area (Å²) in [4.78, 5) is 2.66. The third-order valence-electron chi connectivity index (χ3n) is 6.28. The van der Waals surface area contributed by atoms with Gasteiger partial charge in [0.15, 0.2) is 0 Å². The van der Waals surface area contributed by atoms with Crippen LogP contribution in [0.3, 0.4) is 0 Å². The molecule has 30 heavy (non-hydrogen) atoms. The van der Waals surface area contributed by atoms with Crippen molar-refractivity contribution in [1.82, 2.24) is 0 Å². The number of hydrogen-bond acceptors (Lipinski definition) is 1. The van der Waals surface area contributed by atoms with E-state index in [0.717, 1.165) is 4.47 Å². The Morgan fingerprint density at radius 3 is 1.87 bits per heavy atom. The van der Waals surface area contributed by atoms with E-state index in [0.29, 0.717) is 0 Å². The first kappa shape index (κ1) is 18.2. The number of aryl methyl sites for hydroxylation is 1. The molecule has 1 aliphatic carbocycles. The molecule has 0 nitrogen and oxygen atoms in total. The lowest BCUT2D eigenvalue weighted by Crippen LogP contribution is -2.35. The fraction of sp³-hybridized carbons (Fsp3) is 0.0714. The van der Waals surface area contributed by atoms with Gasteiger partial charge in [-0.15, -0.1) is 0 Å². The van der Waals surface area contributed by atoms with E-state index in [2.05, 4.69) is 120 Å². The first-order valence-corrected chi connectivity index (χ1v) is 11.7. The topological polar surface area (TPSA) is 0 Å². The maximum absolute atomic E-state index is 3.77. The molecular weight excluding hydrogens is 448 g/mol. The summed E-state index contributed by atoms with van der Waals surface area (Å²) in [6, 6.07) is 31.4. The molecule has 1 spiro atoms. The Morgan fingerprint density at radius 1 is 0.633 bits per heavy atom. The Kier molecular flexibility index (Phi) is 4.09. The van der Waals surface area contributed by atoms with Gasteiger partial charge in [-0.1, -0.05) is 106 Å². The van der Waals surface area contributed by atoms with Crippen LogP contribution in [0.4, 0.5) is 0 Å². The van der Waals surface area contributed by atoms with Gasteiger partial charge in [0, 0.05) is 14.3 Å². The molecular formula is C28H19BrS. The second kappa shape index (κ2) is 6.73. The van der Waals surface area contributed by atoms with Crippen molar-refractivity contribution in [3.05, 3.63) is 128 Å². The van der Waals surface area contributed by atoms with Crippen molar-refractivity contribution in [3.8, 4) is 0 Å². The van der Waals surface area contributed by atoms with Crippen LogP contribution in [0.25, 0.3) is 12.2 Å².